The average Bonchev–Trinajstić information content (AvgIpc) is 2.44. The van der Waals surface area contributed by atoms with E-state index in [2.05, 4.69) is 50.5 Å². The molecule has 0 saturated carbocycles. The molecule has 0 fully saturated rings. The van der Waals surface area contributed by atoms with Gasteiger partial charge in [-0.3, -0.25) is 11.3 Å². The lowest BCUT2D eigenvalue weighted by Gasteiger charge is -2.35. The van der Waals surface area contributed by atoms with Gasteiger partial charge in [0.25, 0.3) is 0 Å². The van der Waals surface area contributed by atoms with Crippen LogP contribution in [0.3, 0.4) is 0 Å². The molecule has 3 N–H and O–H groups in total. The Balaban J connectivity index is 2.78. The largest absolute Gasteiger partial charge is 0.377 e. The number of methoxy groups -OCH3 is 1. The van der Waals surface area contributed by atoms with Gasteiger partial charge in [0.15, 0.2) is 0 Å². The smallest absolute Gasteiger partial charge is 0.0817 e. The molecule has 0 amide bonds. The Labute approximate surface area is 111 Å². The molecule has 3 heteroatoms. The lowest BCUT2D eigenvalue weighted by atomic mass is 9.88. The highest BCUT2D eigenvalue weighted by molar-refractivity contribution is 5.23. The molecule has 0 bridgehead atoms. The molecule has 0 spiro atoms. The van der Waals surface area contributed by atoms with Gasteiger partial charge in [-0.15, -0.1) is 0 Å². The highest BCUT2D eigenvalue weighted by Gasteiger charge is 2.31. The van der Waals surface area contributed by atoms with Crippen molar-refractivity contribution in [2.75, 3.05) is 7.11 Å². The van der Waals surface area contributed by atoms with E-state index in [-0.39, 0.29) is 11.6 Å². The standard InChI is InChI=1S/C15H26N2O/c1-5-12-7-9-13(10-8-12)11-14(17-16)15(3,6-2)18-4/h7-10,14,17H,5-6,11,16H2,1-4H3. The second-order valence-electron chi connectivity index (χ2n) is 4.96. The summed E-state index contributed by atoms with van der Waals surface area (Å²) in [5.74, 6) is 5.68. The van der Waals surface area contributed by atoms with Crippen molar-refractivity contribution in [2.24, 2.45) is 5.84 Å². The van der Waals surface area contributed by atoms with E-state index in [0.717, 1.165) is 19.3 Å². The van der Waals surface area contributed by atoms with E-state index in [0.29, 0.717) is 0 Å². The first-order valence-electron chi connectivity index (χ1n) is 6.68. The number of nitrogens with two attached hydrogens (primary N) is 1. The van der Waals surface area contributed by atoms with Crippen LogP contribution in [0.2, 0.25) is 0 Å². The van der Waals surface area contributed by atoms with Crippen LogP contribution in [-0.4, -0.2) is 18.8 Å². The van der Waals surface area contributed by atoms with Crippen molar-refractivity contribution >= 4 is 0 Å². The monoisotopic (exact) mass is 250 g/mol. The number of benzene rings is 1. The van der Waals surface area contributed by atoms with Crippen molar-refractivity contribution in [3.8, 4) is 0 Å². The fourth-order valence-electron chi connectivity index (χ4n) is 2.13. The zero-order valence-electron chi connectivity index (χ0n) is 12.0. The molecule has 1 aromatic carbocycles. The van der Waals surface area contributed by atoms with Gasteiger partial charge in [-0.25, -0.2) is 0 Å². The number of rotatable bonds is 7. The van der Waals surface area contributed by atoms with Gasteiger partial charge in [0.05, 0.1) is 11.6 Å². The Bertz CT molecular complexity index is 344. The lowest BCUT2D eigenvalue weighted by Crippen LogP contribution is -2.53. The molecule has 1 rings (SSSR count). The third kappa shape index (κ3) is 3.55. The molecule has 0 heterocycles. The van der Waals surface area contributed by atoms with Crippen LogP contribution in [0, 0.1) is 0 Å². The number of hydrogen-bond acceptors (Lipinski definition) is 3. The Morgan fingerprint density at radius 3 is 2.17 bits per heavy atom. The Hall–Kier alpha value is -0.900. The maximum atomic E-state index is 5.68. The van der Waals surface area contributed by atoms with Crippen molar-refractivity contribution in [1.29, 1.82) is 0 Å². The van der Waals surface area contributed by atoms with Crippen LogP contribution in [0.25, 0.3) is 0 Å². The molecule has 0 aliphatic carbocycles. The van der Waals surface area contributed by atoms with Gasteiger partial charge >= 0.3 is 0 Å². The summed E-state index contributed by atoms with van der Waals surface area (Å²) >= 11 is 0. The summed E-state index contributed by atoms with van der Waals surface area (Å²) in [5, 5.41) is 0. The normalized spacial score (nSPS) is 16.3. The van der Waals surface area contributed by atoms with Crippen LogP contribution in [0.5, 0.6) is 0 Å². The van der Waals surface area contributed by atoms with Crippen LogP contribution in [0.15, 0.2) is 24.3 Å². The van der Waals surface area contributed by atoms with E-state index in [1.54, 1.807) is 7.11 Å². The Kier molecular flexibility index (Phi) is 5.79. The molecule has 2 atom stereocenters. The summed E-state index contributed by atoms with van der Waals surface area (Å²) < 4.78 is 5.61. The maximum absolute atomic E-state index is 5.68. The van der Waals surface area contributed by atoms with Gasteiger partial charge in [0.1, 0.15) is 0 Å². The van der Waals surface area contributed by atoms with E-state index >= 15 is 0 Å². The first-order chi connectivity index (χ1) is 8.59. The van der Waals surface area contributed by atoms with E-state index in [9.17, 15) is 0 Å². The van der Waals surface area contributed by atoms with Crippen molar-refractivity contribution in [3.63, 3.8) is 0 Å². The molecule has 0 aliphatic heterocycles. The topological polar surface area (TPSA) is 47.3 Å². The number of nitrogens with one attached hydrogen (secondary N) is 1. The summed E-state index contributed by atoms with van der Waals surface area (Å²) in [6.07, 6.45) is 2.87. The van der Waals surface area contributed by atoms with Gasteiger partial charge in [-0.1, -0.05) is 38.1 Å². The third-order valence-electron chi connectivity index (χ3n) is 3.98. The second-order valence-corrected chi connectivity index (χ2v) is 4.96. The summed E-state index contributed by atoms with van der Waals surface area (Å²) in [5.41, 5.74) is 5.30. The molecular formula is C15H26N2O. The van der Waals surface area contributed by atoms with Gasteiger partial charge in [-0.2, -0.15) is 0 Å². The zero-order chi connectivity index (χ0) is 13.6. The second kappa shape index (κ2) is 6.88. The van der Waals surface area contributed by atoms with Gasteiger partial charge in [0.2, 0.25) is 0 Å². The molecule has 3 nitrogen and oxygen atoms in total. The van der Waals surface area contributed by atoms with Crippen LogP contribution in [0.4, 0.5) is 0 Å². The minimum atomic E-state index is -0.238. The fraction of sp³-hybridized carbons (Fsp3) is 0.600. The molecule has 2 unspecified atom stereocenters. The van der Waals surface area contributed by atoms with E-state index in [1.807, 2.05) is 0 Å². The molecule has 0 radical (unpaired) electrons. The minimum Gasteiger partial charge on any atom is -0.377 e. The minimum absolute atomic E-state index is 0.111. The zero-order valence-corrected chi connectivity index (χ0v) is 12.0. The van der Waals surface area contributed by atoms with Crippen molar-refractivity contribution in [2.45, 2.75) is 51.7 Å². The molecule has 0 saturated heterocycles. The van der Waals surface area contributed by atoms with Crippen molar-refractivity contribution in [1.82, 2.24) is 5.43 Å². The number of aryl methyl sites for hydroxylation is 1. The predicted molar refractivity (Wildman–Crippen MR) is 76.3 cm³/mol. The Morgan fingerprint density at radius 2 is 1.78 bits per heavy atom. The highest BCUT2D eigenvalue weighted by Crippen LogP contribution is 2.22. The van der Waals surface area contributed by atoms with Gasteiger partial charge < -0.3 is 4.74 Å². The predicted octanol–water partition coefficient (Wildman–Crippen LogP) is 2.44. The molecule has 1 aromatic rings. The van der Waals surface area contributed by atoms with Crippen molar-refractivity contribution < 1.29 is 4.74 Å². The lowest BCUT2D eigenvalue weighted by molar-refractivity contribution is -0.0288. The van der Waals surface area contributed by atoms with E-state index in [4.69, 9.17) is 10.6 Å². The number of hydrogen-bond donors (Lipinski definition) is 2. The molecule has 102 valence electrons. The molecule has 0 aliphatic rings. The quantitative estimate of drug-likeness (QED) is 0.577. The third-order valence-corrected chi connectivity index (χ3v) is 3.98. The first-order valence-corrected chi connectivity index (χ1v) is 6.68. The molecular weight excluding hydrogens is 224 g/mol. The first kappa shape index (κ1) is 15.2. The molecule has 18 heavy (non-hydrogen) atoms. The summed E-state index contributed by atoms with van der Waals surface area (Å²) in [6, 6.07) is 8.82. The highest BCUT2D eigenvalue weighted by atomic mass is 16.5. The molecule has 0 aromatic heterocycles. The Morgan fingerprint density at radius 1 is 1.22 bits per heavy atom. The van der Waals surface area contributed by atoms with Crippen LogP contribution < -0.4 is 11.3 Å². The fourth-order valence-corrected chi connectivity index (χ4v) is 2.13. The van der Waals surface area contributed by atoms with Crippen LogP contribution in [-0.2, 0) is 17.6 Å². The van der Waals surface area contributed by atoms with E-state index < -0.39 is 0 Å². The summed E-state index contributed by atoms with van der Waals surface area (Å²) in [6.45, 7) is 6.38. The van der Waals surface area contributed by atoms with Crippen LogP contribution in [0.1, 0.15) is 38.3 Å². The average molecular weight is 250 g/mol. The maximum Gasteiger partial charge on any atom is 0.0817 e. The SMILES string of the molecule is CCc1ccc(CC(NN)C(C)(CC)OC)cc1. The van der Waals surface area contributed by atoms with E-state index in [1.165, 1.54) is 11.1 Å². The van der Waals surface area contributed by atoms with Gasteiger partial charge in [-0.05, 0) is 37.3 Å². The summed E-state index contributed by atoms with van der Waals surface area (Å²) in [4.78, 5) is 0. The van der Waals surface area contributed by atoms with Crippen LogP contribution >= 0.6 is 0 Å². The van der Waals surface area contributed by atoms with Gasteiger partial charge in [0, 0.05) is 7.11 Å². The van der Waals surface area contributed by atoms with Crippen molar-refractivity contribution in [3.05, 3.63) is 35.4 Å². The number of ether oxygens (including phenoxy) is 1. The number of hydrazine groups is 1. The summed E-state index contributed by atoms with van der Waals surface area (Å²) in [7, 11) is 1.74.